The molecule has 1 N–H and O–H groups in total. The second kappa shape index (κ2) is 2.63. The van der Waals surface area contributed by atoms with Crippen molar-refractivity contribution in [2.75, 3.05) is 0 Å². The van der Waals surface area contributed by atoms with Gasteiger partial charge in [0.15, 0.2) is 0 Å². The third kappa shape index (κ3) is 1.20. The van der Waals surface area contributed by atoms with Gasteiger partial charge in [-0.15, -0.1) is 0 Å². The minimum atomic E-state index is -0.663. The van der Waals surface area contributed by atoms with Crippen LogP contribution in [0.25, 0.3) is 0 Å². The van der Waals surface area contributed by atoms with E-state index in [1.54, 1.807) is 0 Å². The van der Waals surface area contributed by atoms with Gasteiger partial charge >= 0.3 is 5.97 Å². The molecule has 0 amide bonds. The average Bonchev–Trinajstić information content (AvgIpc) is 2.84. The van der Waals surface area contributed by atoms with Gasteiger partial charge in [0.25, 0.3) is 0 Å². The van der Waals surface area contributed by atoms with Crippen molar-refractivity contribution in [3.8, 4) is 0 Å². The highest BCUT2D eigenvalue weighted by molar-refractivity contribution is 5.75. The average molecular weight is 162 g/mol. The Kier molecular flexibility index (Phi) is 1.61. The van der Waals surface area contributed by atoms with Gasteiger partial charge < -0.3 is 5.11 Å². The first-order valence-electron chi connectivity index (χ1n) is 4.07. The van der Waals surface area contributed by atoms with Gasteiger partial charge in [0, 0.05) is 0 Å². The van der Waals surface area contributed by atoms with Crippen molar-refractivity contribution in [3.63, 3.8) is 0 Å². The van der Waals surface area contributed by atoms with Gasteiger partial charge in [-0.05, 0) is 17.9 Å². The van der Waals surface area contributed by atoms with Gasteiger partial charge in [-0.1, -0.05) is 30.3 Å². The molecule has 1 fully saturated rings. The van der Waals surface area contributed by atoms with Crippen molar-refractivity contribution >= 4 is 5.97 Å². The Morgan fingerprint density at radius 1 is 1.33 bits per heavy atom. The van der Waals surface area contributed by atoms with E-state index in [-0.39, 0.29) is 11.8 Å². The van der Waals surface area contributed by atoms with Crippen molar-refractivity contribution in [2.45, 2.75) is 12.3 Å². The highest BCUT2D eigenvalue weighted by atomic mass is 16.4. The Balaban J connectivity index is 2.11. The standard InChI is InChI=1S/C10H10O2/c11-10(12)9-6-8(9)7-4-2-1-3-5-7/h1-5,8-9H,6H2,(H,11,12)/t8?,9-/m1/s1. The predicted molar refractivity (Wildman–Crippen MR) is 44.9 cm³/mol. The molecule has 1 aromatic carbocycles. The minimum Gasteiger partial charge on any atom is -0.481 e. The van der Waals surface area contributed by atoms with Crippen LogP contribution in [0.5, 0.6) is 0 Å². The number of benzene rings is 1. The Morgan fingerprint density at radius 3 is 2.50 bits per heavy atom. The van der Waals surface area contributed by atoms with E-state index in [1.165, 1.54) is 0 Å². The maximum absolute atomic E-state index is 10.5. The summed E-state index contributed by atoms with van der Waals surface area (Å²) < 4.78 is 0. The molecule has 0 aromatic heterocycles. The number of carboxylic acid groups (broad SMARTS) is 1. The number of carboxylic acids is 1. The molecule has 1 saturated carbocycles. The first-order valence-corrected chi connectivity index (χ1v) is 4.07. The van der Waals surface area contributed by atoms with Crippen LogP contribution in [0, 0.1) is 5.92 Å². The molecule has 62 valence electrons. The van der Waals surface area contributed by atoms with Crippen LogP contribution >= 0.6 is 0 Å². The Hall–Kier alpha value is -1.31. The Morgan fingerprint density at radius 2 is 2.00 bits per heavy atom. The molecule has 1 unspecified atom stereocenters. The molecule has 0 bridgehead atoms. The van der Waals surface area contributed by atoms with Crippen LogP contribution in [-0.4, -0.2) is 11.1 Å². The van der Waals surface area contributed by atoms with Gasteiger partial charge in [-0.25, -0.2) is 0 Å². The third-order valence-corrected chi connectivity index (χ3v) is 2.34. The van der Waals surface area contributed by atoms with E-state index in [9.17, 15) is 4.79 Å². The number of aliphatic carboxylic acids is 1. The van der Waals surface area contributed by atoms with Crippen molar-refractivity contribution < 1.29 is 9.90 Å². The number of carbonyl (C=O) groups is 1. The second-order valence-electron chi connectivity index (χ2n) is 3.20. The smallest absolute Gasteiger partial charge is 0.307 e. The second-order valence-corrected chi connectivity index (χ2v) is 3.20. The molecular formula is C10H10O2. The molecule has 0 heterocycles. The highest BCUT2D eigenvalue weighted by Gasteiger charge is 2.43. The molecule has 12 heavy (non-hydrogen) atoms. The lowest BCUT2D eigenvalue weighted by atomic mass is 10.1. The van der Waals surface area contributed by atoms with Crippen LogP contribution < -0.4 is 0 Å². The molecule has 2 heteroatoms. The molecule has 1 aliphatic rings. The Labute approximate surface area is 70.8 Å². The van der Waals surface area contributed by atoms with Crippen LogP contribution in [0.4, 0.5) is 0 Å². The van der Waals surface area contributed by atoms with Gasteiger partial charge in [-0.3, -0.25) is 4.79 Å². The maximum Gasteiger partial charge on any atom is 0.307 e. The monoisotopic (exact) mass is 162 g/mol. The zero-order valence-corrected chi connectivity index (χ0v) is 6.60. The summed E-state index contributed by atoms with van der Waals surface area (Å²) in [4.78, 5) is 10.5. The van der Waals surface area contributed by atoms with E-state index in [2.05, 4.69) is 0 Å². The molecular weight excluding hydrogens is 152 g/mol. The predicted octanol–water partition coefficient (Wildman–Crippen LogP) is 1.87. The molecule has 0 saturated heterocycles. The molecule has 2 rings (SSSR count). The molecule has 0 spiro atoms. The maximum atomic E-state index is 10.5. The van der Waals surface area contributed by atoms with E-state index in [4.69, 9.17) is 5.11 Å². The topological polar surface area (TPSA) is 37.3 Å². The summed E-state index contributed by atoms with van der Waals surface area (Å²) in [5.41, 5.74) is 1.16. The minimum absolute atomic E-state index is 0.132. The van der Waals surface area contributed by atoms with Crippen molar-refractivity contribution in [1.29, 1.82) is 0 Å². The molecule has 2 atom stereocenters. The van der Waals surface area contributed by atoms with Gasteiger partial charge in [0.05, 0.1) is 5.92 Å². The number of hydrogen-bond acceptors (Lipinski definition) is 1. The summed E-state index contributed by atoms with van der Waals surface area (Å²) in [5, 5.41) is 8.68. The molecule has 2 nitrogen and oxygen atoms in total. The fourth-order valence-electron chi connectivity index (χ4n) is 1.54. The normalized spacial score (nSPS) is 26.7. The van der Waals surface area contributed by atoms with E-state index >= 15 is 0 Å². The lowest BCUT2D eigenvalue weighted by Gasteiger charge is -1.95. The highest BCUT2D eigenvalue weighted by Crippen LogP contribution is 2.47. The summed E-state index contributed by atoms with van der Waals surface area (Å²) in [5.74, 6) is -0.528. The molecule has 0 aliphatic heterocycles. The van der Waals surface area contributed by atoms with E-state index < -0.39 is 5.97 Å². The van der Waals surface area contributed by atoms with Crippen LogP contribution in [0.3, 0.4) is 0 Å². The number of rotatable bonds is 2. The summed E-state index contributed by atoms with van der Waals surface area (Å²) in [6.45, 7) is 0. The zero-order chi connectivity index (χ0) is 8.55. The van der Waals surface area contributed by atoms with Crippen molar-refractivity contribution in [3.05, 3.63) is 35.9 Å². The van der Waals surface area contributed by atoms with E-state index in [1.807, 2.05) is 30.3 Å². The van der Waals surface area contributed by atoms with Crippen LogP contribution in [0.2, 0.25) is 0 Å². The molecule has 1 aromatic rings. The van der Waals surface area contributed by atoms with E-state index in [0.29, 0.717) is 0 Å². The van der Waals surface area contributed by atoms with Crippen LogP contribution in [0.15, 0.2) is 30.3 Å². The lowest BCUT2D eigenvalue weighted by Crippen LogP contribution is -1.98. The van der Waals surface area contributed by atoms with E-state index in [0.717, 1.165) is 12.0 Å². The quantitative estimate of drug-likeness (QED) is 0.720. The SMILES string of the molecule is O=C(O)[C@@H]1CC1c1ccccc1. The summed E-state index contributed by atoms with van der Waals surface area (Å²) in [7, 11) is 0. The van der Waals surface area contributed by atoms with Gasteiger partial charge in [-0.2, -0.15) is 0 Å². The number of hydrogen-bond donors (Lipinski definition) is 1. The lowest BCUT2D eigenvalue weighted by molar-refractivity contribution is -0.138. The van der Waals surface area contributed by atoms with Crippen molar-refractivity contribution in [2.24, 2.45) is 5.92 Å². The third-order valence-electron chi connectivity index (χ3n) is 2.34. The Bertz CT molecular complexity index is 292. The van der Waals surface area contributed by atoms with Crippen LogP contribution in [0.1, 0.15) is 17.9 Å². The fraction of sp³-hybridized carbons (Fsp3) is 0.300. The van der Waals surface area contributed by atoms with Gasteiger partial charge in [0.1, 0.15) is 0 Å². The fourth-order valence-corrected chi connectivity index (χ4v) is 1.54. The zero-order valence-electron chi connectivity index (χ0n) is 6.60. The molecule has 1 aliphatic carbocycles. The summed E-state index contributed by atoms with van der Waals surface area (Å²) >= 11 is 0. The van der Waals surface area contributed by atoms with Gasteiger partial charge in [0.2, 0.25) is 0 Å². The molecule has 0 radical (unpaired) electrons. The summed E-state index contributed by atoms with van der Waals surface area (Å²) in [6, 6.07) is 9.84. The first-order chi connectivity index (χ1) is 5.79. The van der Waals surface area contributed by atoms with Crippen molar-refractivity contribution in [1.82, 2.24) is 0 Å². The first kappa shape index (κ1) is 7.35. The largest absolute Gasteiger partial charge is 0.481 e. The van der Waals surface area contributed by atoms with Crippen LogP contribution in [-0.2, 0) is 4.79 Å². The summed E-state index contributed by atoms with van der Waals surface area (Å²) in [6.07, 6.45) is 0.805.